The van der Waals surface area contributed by atoms with E-state index in [1.807, 2.05) is 0 Å². The lowest BCUT2D eigenvalue weighted by Crippen LogP contribution is -2.27. The first kappa shape index (κ1) is 13.3. The van der Waals surface area contributed by atoms with Crippen LogP contribution in [-0.4, -0.2) is 6.04 Å². The second-order valence-corrected chi connectivity index (χ2v) is 4.88. The highest BCUT2D eigenvalue weighted by atomic mass is 79.9. The highest BCUT2D eigenvalue weighted by Gasteiger charge is 2.05. The number of halogens is 1. The van der Waals surface area contributed by atoms with Crippen LogP contribution in [0.25, 0.3) is 0 Å². The van der Waals surface area contributed by atoms with E-state index in [4.69, 9.17) is 6.42 Å². The van der Waals surface area contributed by atoms with E-state index in [1.165, 1.54) is 11.1 Å². The van der Waals surface area contributed by atoms with E-state index >= 15 is 0 Å². The molecule has 0 amide bonds. The Labute approximate surface area is 107 Å². The lowest BCUT2D eigenvalue weighted by molar-refractivity contribution is 0.506. The molecular weight excluding hydrogens is 262 g/mol. The van der Waals surface area contributed by atoms with Crippen molar-refractivity contribution in [1.82, 2.24) is 5.32 Å². The fraction of sp³-hybridized carbons (Fsp3) is 0.429. The van der Waals surface area contributed by atoms with E-state index < -0.39 is 0 Å². The quantitative estimate of drug-likeness (QED) is 0.812. The number of aryl methyl sites for hydroxylation is 1. The van der Waals surface area contributed by atoms with Gasteiger partial charge in [0.15, 0.2) is 0 Å². The zero-order valence-electron chi connectivity index (χ0n) is 9.89. The van der Waals surface area contributed by atoms with Crippen LogP contribution in [0.1, 0.15) is 30.9 Å². The van der Waals surface area contributed by atoms with Crippen LogP contribution in [0.5, 0.6) is 0 Å². The van der Waals surface area contributed by atoms with Gasteiger partial charge >= 0.3 is 0 Å². The molecule has 1 unspecified atom stereocenters. The fourth-order valence-electron chi connectivity index (χ4n) is 1.62. The molecule has 1 aromatic rings. The third kappa shape index (κ3) is 4.00. The molecule has 0 aliphatic heterocycles. The SMILES string of the molecule is C#CCC(CC)NCc1ccc(Br)cc1C. The van der Waals surface area contributed by atoms with Gasteiger partial charge in [0.25, 0.3) is 0 Å². The highest BCUT2D eigenvalue weighted by molar-refractivity contribution is 9.10. The van der Waals surface area contributed by atoms with E-state index in [-0.39, 0.29) is 0 Å². The van der Waals surface area contributed by atoms with Crippen molar-refractivity contribution < 1.29 is 0 Å². The molecule has 0 aromatic heterocycles. The molecule has 1 N–H and O–H groups in total. The molecule has 0 saturated heterocycles. The molecule has 1 rings (SSSR count). The second kappa shape index (κ2) is 6.73. The van der Waals surface area contributed by atoms with Gasteiger partial charge in [-0.3, -0.25) is 0 Å². The molecule has 0 saturated carbocycles. The lowest BCUT2D eigenvalue weighted by Gasteiger charge is -2.15. The average Bonchev–Trinajstić information content (AvgIpc) is 2.26. The molecule has 0 fully saturated rings. The predicted octanol–water partition coefficient (Wildman–Crippen LogP) is 3.65. The summed E-state index contributed by atoms with van der Waals surface area (Å²) in [5.41, 5.74) is 2.64. The molecule has 86 valence electrons. The van der Waals surface area contributed by atoms with Gasteiger partial charge in [-0.05, 0) is 36.6 Å². The Bertz CT molecular complexity index is 379. The second-order valence-electron chi connectivity index (χ2n) is 3.97. The number of benzene rings is 1. The molecule has 0 bridgehead atoms. The maximum atomic E-state index is 5.33. The average molecular weight is 280 g/mol. The summed E-state index contributed by atoms with van der Waals surface area (Å²) < 4.78 is 1.13. The van der Waals surface area contributed by atoms with Gasteiger partial charge < -0.3 is 5.32 Å². The van der Waals surface area contributed by atoms with Crippen LogP contribution >= 0.6 is 15.9 Å². The van der Waals surface area contributed by atoms with E-state index in [0.717, 1.165) is 23.9 Å². The summed E-state index contributed by atoms with van der Waals surface area (Å²) in [4.78, 5) is 0. The minimum atomic E-state index is 0.424. The van der Waals surface area contributed by atoms with Crippen LogP contribution in [0.4, 0.5) is 0 Å². The first-order chi connectivity index (χ1) is 7.67. The molecule has 0 spiro atoms. The lowest BCUT2D eigenvalue weighted by atomic mass is 10.1. The summed E-state index contributed by atoms with van der Waals surface area (Å²) in [5.74, 6) is 2.71. The van der Waals surface area contributed by atoms with Crippen molar-refractivity contribution in [3.05, 3.63) is 33.8 Å². The Kier molecular flexibility index (Phi) is 5.59. The van der Waals surface area contributed by atoms with Crippen molar-refractivity contribution in [3.8, 4) is 12.3 Å². The Hall–Kier alpha value is -0.780. The van der Waals surface area contributed by atoms with Crippen molar-refractivity contribution in [2.24, 2.45) is 0 Å². The summed E-state index contributed by atoms with van der Waals surface area (Å²) in [6, 6.07) is 6.79. The molecule has 0 heterocycles. The number of rotatable bonds is 5. The van der Waals surface area contributed by atoms with Gasteiger partial charge in [-0.2, -0.15) is 0 Å². The standard InChI is InChI=1S/C14H18BrN/c1-4-6-14(5-2)16-10-12-7-8-13(15)9-11(12)3/h1,7-9,14,16H,5-6,10H2,2-3H3. The van der Waals surface area contributed by atoms with Gasteiger partial charge in [0, 0.05) is 23.5 Å². The summed E-state index contributed by atoms with van der Waals surface area (Å²) in [5, 5.41) is 3.49. The van der Waals surface area contributed by atoms with Crippen LogP contribution in [0.15, 0.2) is 22.7 Å². The van der Waals surface area contributed by atoms with Crippen molar-refractivity contribution in [2.75, 3.05) is 0 Å². The van der Waals surface area contributed by atoms with Crippen LogP contribution < -0.4 is 5.32 Å². The van der Waals surface area contributed by atoms with Crippen molar-refractivity contribution in [1.29, 1.82) is 0 Å². The molecule has 0 aliphatic rings. The molecule has 1 nitrogen and oxygen atoms in total. The Morgan fingerprint density at radius 2 is 2.25 bits per heavy atom. The molecule has 0 radical (unpaired) electrons. The van der Waals surface area contributed by atoms with E-state index in [2.05, 4.69) is 59.2 Å². The summed E-state index contributed by atoms with van der Waals surface area (Å²) >= 11 is 3.47. The van der Waals surface area contributed by atoms with Crippen molar-refractivity contribution >= 4 is 15.9 Å². The zero-order chi connectivity index (χ0) is 12.0. The molecule has 16 heavy (non-hydrogen) atoms. The normalized spacial score (nSPS) is 12.1. The number of hydrogen-bond acceptors (Lipinski definition) is 1. The maximum absolute atomic E-state index is 5.33. The number of hydrogen-bond donors (Lipinski definition) is 1. The Morgan fingerprint density at radius 1 is 1.50 bits per heavy atom. The molecule has 1 atom stereocenters. The van der Waals surface area contributed by atoms with Gasteiger partial charge in [0.1, 0.15) is 0 Å². The monoisotopic (exact) mass is 279 g/mol. The number of terminal acetylenes is 1. The molecule has 0 aliphatic carbocycles. The first-order valence-corrected chi connectivity index (χ1v) is 6.38. The first-order valence-electron chi connectivity index (χ1n) is 5.59. The molecule has 2 heteroatoms. The molecular formula is C14H18BrN. The fourth-order valence-corrected chi connectivity index (χ4v) is 2.09. The molecule has 1 aromatic carbocycles. The topological polar surface area (TPSA) is 12.0 Å². The summed E-state index contributed by atoms with van der Waals surface area (Å²) in [7, 11) is 0. The maximum Gasteiger partial charge on any atom is 0.0240 e. The van der Waals surface area contributed by atoms with Crippen LogP contribution in [-0.2, 0) is 6.54 Å². The van der Waals surface area contributed by atoms with Gasteiger partial charge in [0.2, 0.25) is 0 Å². The Balaban J connectivity index is 2.57. The van der Waals surface area contributed by atoms with Gasteiger partial charge in [-0.1, -0.05) is 28.9 Å². The van der Waals surface area contributed by atoms with E-state index in [0.29, 0.717) is 6.04 Å². The zero-order valence-corrected chi connectivity index (χ0v) is 11.5. The third-order valence-electron chi connectivity index (χ3n) is 2.74. The van der Waals surface area contributed by atoms with Crippen molar-refractivity contribution in [2.45, 2.75) is 39.3 Å². The predicted molar refractivity (Wildman–Crippen MR) is 73.2 cm³/mol. The third-order valence-corrected chi connectivity index (χ3v) is 3.24. The highest BCUT2D eigenvalue weighted by Crippen LogP contribution is 2.16. The van der Waals surface area contributed by atoms with Crippen LogP contribution in [0.3, 0.4) is 0 Å². The van der Waals surface area contributed by atoms with Crippen LogP contribution in [0.2, 0.25) is 0 Å². The van der Waals surface area contributed by atoms with E-state index in [9.17, 15) is 0 Å². The van der Waals surface area contributed by atoms with Gasteiger partial charge in [-0.15, -0.1) is 12.3 Å². The summed E-state index contributed by atoms with van der Waals surface area (Å²) in [6.07, 6.45) is 7.19. The van der Waals surface area contributed by atoms with Gasteiger partial charge in [-0.25, -0.2) is 0 Å². The van der Waals surface area contributed by atoms with Crippen molar-refractivity contribution in [3.63, 3.8) is 0 Å². The minimum absolute atomic E-state index is 0.424. The smallest absolute Gasteiger partial charge is 0.0240 e. The van der Waals surface area contributed by atoms with E-state index in [1.54, 1.807) is 0 Å². The summed E-state index contributed by atoms with van der Waals surface area (Å²) in [6.45, 7) is 5.17. The minimum Gasteiger partial charge on any atom is -0.309 e. The largest absolute Gasteiger partial charge is 0.309 e. The number of nitrogens with one attached hydrogen (secondary N) is 1. The Morgan fingerprint density at radius 3 is 2.81 bits per heavy atom. The van der Waals surface area contributed by atoms with Gasteiger partial charge in [0.05, 0.1) is 0 Å². The van der Waals surface area contributed by atoms with Crippen LogP contribution in [0, 0.1) is 19.3 Å².